The Morgan fingerprint density at radius 3 is 1.74 bits per heavy atom. The summed E-state index contributed by atoms with van der Waals surface area (Å²) in [6.45, 7) is 12.6. The van der Waals surface area contributed by atoms with Crippen molar-refractivity contribution in [3.63, 3.8) is 0 Å². The Bertz CT molecular complexity index is 873. The predicted octanol–water partition coefficient (Wildman–Crippen LogP) is 4.66. The molecule has 2 rings (SSSR count). The number of nitrogens with zero attached hydrogens (tertiary/aromatic N) is 2. The van der Waals surface area contributed by atoms with Crippen LogP contribution in [-0.4, -0.2) is 38.5 Å². The van der Waals surface area contributed by atoms with E-state index in [2.05, 4.69) is 20.6 Å². The summed E-state index contributed by atoms with van der Waals surface area (Å²) < 4.78 is 10.2. The molecular weight excluding hydrogens is 400 g/mol. The molecule has 3 N–H and O–H groups in total. The first-order chi connectivity index (χ1) is 14.3. The lowest BCUT2D eigenvalue weighted by Gasteiger charge is -2.19. The Hall–Kier alpha value is -3.20. The summed E-state index contributed by atoms with van der Waals surface area (Å²) in [6, 6.07) is 6.90. The normalized spacial score (nSPS) is 11.0. The van der Waals surface area contributed by atoms with E-state index in [0.717, 1.165) is 5.56 Å². The molecule has 2 aromatic heterocycles. The van der Waals surface area contributed by atoms with Gasteiger partial charge in [-0.25, -0.2) is 19.6 Å². The highest BCUT2D eigenvalue weighted by Gasteiger charge is 2.17. The van der Waals surface area contributed by atoms with Crippen molar-refractivity contribution in [1.82, 2.24) is 9.97 Å². The smallest absolute Gasteiger partial charge is 0.413 e. The monoisotopic (exact) mass is 432 g/mol. The van der Waals surface area contributed by atoms with Gasteiger partial charge in [-0.2, -0.15) is 0 Å². The number of hydrogen-bond acceptors (Lipinski definition) is 7. The zero-order valence-electron chi connectivity index (χ0n) is 19.1. The van der Waals surface area contributed by atoms with E-state index in [1.807, 2.05) is 33.8 Å². The van der Waals surface area contributed by atoms with Gasteiger partial charge in [0.05, 0.1) is 6.61 Å². The molecule has 0 saturated heterocycles. The summed E-state index contributed by atoms with van der Waals surface area (Å²) in [6.07, 6.45) is 2.11. The highest BCUT2D eigenvalue weighted by Crippen LogP contribution is 2.12. The Balaban J connectivity index is 0.000000311. The van der Waals surface area contributed by atoms with Gasteiger partial charge in [-0.1, -0.05) is 0 Å². The van der Waals surface area contributed by atoms with Crippen LogP contribution in [0.5, 0.6) is 0 Å². The number of ether oxygens (including phenoxy) is 2. The molecule has 0 aliphatic heterocycles. The van der Waals surface area contributed by atoms with Crippen molar-refractivity contribution in [1.29, 1.82) is 0 Å². The number of anilines is 2. The molecule has 9 nitrogen and oxygen atoms in total. The third-order valence-electron chi connectivity index (χ3n) is 3.18. The number of aryl methyl sites for hydroxylation is 1. The highest BCUT2D eigenvalue weighted by molar-refractivity contribution is 5.84. The van der Waals surface area contributed by atoms with Crippen molar-refractivity contribution in [3.05, 3.63) is 47.8 Å². The summed E-state index contributed by atoms with van der Waals surface area (Å²) in [5.41, 5.74) is 0.684. The number of aromatic nitrogens is 2. The standard InChI is InChI=1S/C11H16N2O3.C11H16N2O2/c1-11(2,3)16-10(15)13-9-6-8(7-14)4-5-12-9;1-8-5-6-12-9(7-8)13-10(14)15-11(2,3)4/h4-6,14H,7H2,1-3H3,(H,12,13,15);5-7H,1-4H3,(H,12,13,14). The Labute approximate surface area is 183 Å². The third-order valence-corrected chi connectivity index (χ3v) is 3.18. The molecule has 0 aliphatic carbocycles. The van der Waals surface area contributed by atoms with Gasteiger partial charge in [0.15, 0.2) is 0 Å². The first kappa shape index (κ1) is 25.8. The van der Waals surface area contributed by atoms with E-state index in [1.54, 1.807) is 45.2 Å². The van der Waals surface area contributed by atoms with E-state index in [1.165, 1.54) is 6.20 Å². The zero-order chi connectivity index (χ0) is 23.7. The van der Waals surface area contributed by atoms with Crippen molar-refractivity contribution in [2.75, 3.05) is 10.6 Å². The van der Waals surface area contributed by atoms with Crippen LogP contribution in [0.3, 0.4) is 0 Å². The Morgan fingerprint density at radius 2 is 1.32 bits per heavy atom. The van der Waals surface area contributed by atoms with Crippen molar-refractivity contribution >= 4 is 23.8 Å². The maximum Gasteiger partial charge on any atom is 0.413 e. The van der Waals surface area contributed by atoms with Crippen LogP contribution >= 0.6 is 0 Å². The second-order valence-corrected chi connectivity index (χ2v) is 8.68. The van der Waals surface area contributed by atoms with Crippen LogP contribution in [0.1, 0.15) is 52.7 Å². The minimum atomic E-state index is -0.560. The van der Waals surface area contributed by atoms with Crippen molar-refractivity contribution in [2.45, 2.75) is 66.3 Å². The summed E-state index contributed by atoms with van der Waals surface area (Å²) in [4.78, 5) is 30.7. The molecule has 31 heavy (non-hydrogen) atoms. The van der Waals surface area contributed by atoms with Crippen LogP contribution in [0.15, 0.2) is 36.7 Å². The average Bonchev–Trinajstić information content (AvgIpc) is 2.59. The first-order valence-corrected chi connectivity index (χ1v) is 9.76. The van der Waals surface area contributed by atoms with Gasteiger partial charge in [-0.3, -0.25) is 10.6 Å². The summed E-state index contributed by atoms with van der Waals surface area (Å²) in [7, 11) is 0. The van der Waals surface area contributed by atoms with Gasteiger partial charge >= 0.3 is 12.2 Å². The molecule has 0 bridgehead atoms. The third kappa shape index (κ3) is 12.2. The lowest BCUT2D eigenvalue weighted by Crippen LogP contribution is -2.27. The second-order valence-electron chi connectivity index (χ2n) is 8.68. The molecule has 170 valence electrons. The van der Waals surface area contributed by atoms with E-state index in [0.29, 0.717) is 17.2 Å². The molecule has 0 saturated carbocycles. The van der Waals surface area contributed by atoms with Gasteiger partial charge in [0.2, 0.25) is 0 Å². The fourth-order valence-corrected chi connectivity index (χ4v) is 2.06. The first-order valence-electron chi connectivity index (χ1n) is 9.76. The van der Waals surface area contributed by atoms with Gasteiger partial charge in [0.25, 0.3) is 0 Å². The minimum Gasteiger partial charge on any atom is -0.444 e. The van der Waals surface area contributed by atoms with Crippen LogP contribution in [0.25, 0.3) is 0 Å². The number of rotatable bonds is 3. The number of aliphatic hydroxyl groups excluding tert-OH is 1. The lowest BCUT2D eigenvalue weighted by atomic mass is 10.2. The van der Waals surface area contributed by atoms with E-state index in [9.17, 15) is 9.59 Å². The number of carbonyl (C=O) groups is 2. The molecule has 0 atom stereocenters. The van der Waals surface area contributed by atoms with Crippen molar-refractivity contribution in [2.24, 2.45) is 0 Å². The number of pyridine rings is 2. The van der Waals surface area contributed by atoms with E-state index in [-0.39, 0.29) is 6.61 Å². The number of amides is 2. The number of carbonyl (C=O) groups excluding carboxylic acids is 2. The van der Waals surface area contributed by atoms with E-state index in [4.69, 9.17) is 14.6 Å². The molecular formula is C22H32N4O5. The van der Waals surface area contributed by atoms with Crippen LogP contribution < -0.4 is 10.6 Å². The predicted molar refractivity (Wildman–Crippen MR) is 119 cm³/mol. The molecule has 0 unspecified atom stereocenters. The Kier molecular flexibility index (Phi) is 9.39. The SMILES string of the molecule is CC(C)(C)OC(=O)Nc1cc(CO)ccn1.Cc1ccnc(NC(=O)OC(C)(C)C)c1. The molecule has 2 aromatic rings. The Morgan fingerprint density at radius 1 is 0.871 bits per heavy atom. The van der Waals surface area contributed by atoms with Crippen LogP contribution in [0.2, 0.25) is 0 Å². The topological polar surface area (TPSA) is 123 Å². The molecule has 0 aliphatic rings. The summed E-state index contributed by atoms with van der Waals surface area (Å²) in [5, 5.41) is 14.0. The summed E-state index contributed by atoms with van der Waals surface area (Å²) >= 11 is 0. The molecule has 0 fully saturated rings. The van der Waals surface area contributed by atoms with Crippen LogP contribution in [0.4, 0.5) is 21.2 Å². The van der Waals surface area contributed by atoms with Gasteiger partial charge in [-0.05, 0) is 83.9 Å². The largest absolute Gasteiger partial charge is 0.444 e. The zero-order valence-corrected chi connectivity index (χ0v) is 19.1. The maximum atomic E-state index is 11.4. The van der Waals surface area contributed by atoms with Gasteiger partial charge < -0.3 is 14.6 Å². The number of nitrogens with one attached hydrogen (secondary N) is 2. The quantitative estimate of drug-likeness (QED) is 0.645. The molecule has 9 heteroatoms. The molecule has 0 radical (unpaired) electrons. The van der Waals surface area contributed by atoms with Crippen molar-refractivity contribution in [3.8, 4) is 0 Å². The highest BCUT2D eigenvalue weighted by atomic mass is 16.6. The lowest BCUT2D eigenvalue weighted by molar-refractivity contribution is 0.0624. The average molecular weight is 433 g/mol. The fourth-order valence-electron chi connectivity index (χ4n) is 2.06. The molecule has 0 aromatic carbocycles. The number of aliphatic hydroxyl groups is 1. The van der Waals surface area contributed by atoms with Gasteiger partial charge in [0.1, 0.15) is 22.8 Å². The fraction of sp³-hybridized carbons (Fsp3) is 0.455. The van der Waals surface area contributed by atoms with E-state index >= 15 is 0 Å². The molecule has 0 spiro atoms. The van der Waals surface area contributed by atoms with Gasteiger partial charge in [0, 0.05) is 12.4 Å². The van der Waals surface area contributed by atoms with Gasteiger partial charge in [-0.15, -0.1) is 0 Å². The minimum absolute atomic E-state index is 0.0917. The van der Waals surface area contributed by atoms with Crippen molar-refractivity contribution < 1.29 is 24.2 Å². The summed E-state index contributed by atoms with van der Waals surface area (Å²) in [5.74, 6) is 0.866. The number of hydrogen-bond donors (Lipinski definition) is 3. The second kappa shape index (κ2) is 11.3. The maximum absolute atomic E-state index is 11.4. The molecule has 2 heterocycles. The van der Waals surface area contributed by atoms with Crippen LogP contribution in [-0.2, 0) is 16.1 Å². The van der Waals surface area contributed by atoms with Crippen LogP contribution in [0, 0.1) is 6.92 Å². The molecule has 2 amide bonds. The van der Waals surface area contributed by atoms with E-state index < -0.39 is 23.4 Å².